The van der Waals surface area contributed by atoms with Gasteiger partial charge in [0, 0.05) is 32.2 Å². The second-order valence-corrected chi connectivity index (χ2v) is 6.61. The van der Waals surface area contributed by atoms with Crippen LogP contribution in [0, 0.1) is 0 Å². The molecule has 0 aromatic heterocycles. The second-order valence-electron chi connectivity index (χ2n) is 6.61. The summed E-state index contributed by atoms with van der Waals surface area (Å²) in [4.78, 5) is 2.49. The molecule has 0 bridgehead atoms. The van der Waals surface area contributed by atoms with Gasteiger partial charge in [0.05, 0.1) is 12.7 Å². The Morgan fingerprint density at radius 3 is 2.52 bits per heavy atom. The molecule has 0 saturated carbocycles. The van der Waals surface area contributed by atoms with Crippen molar-refractivity contribution in [2.45, 2.75) is 52.3 Å². The van der Waals surface area contributed by atoms with Crippen molar-refractivity contribution in [2.75, 3.05) is 26.2 Å². The van der Waals surface area contributed by atoms with Gasteiger partial charge in [0.25, 0.3) is 0 Å². The molecule has 118 valence electrons. The van der Waals surface area contributed by atoms with Crippen LogP contribution in [0.15, 0.2) is 24.3 Å². The number of hydrogen-bond acceptors (Lipinski definition) is 3. The van der Waals surface area contributed by atoms with Gasteiger partial charge in [-0.05, 0) is 30.9 Å². The summed E-state index contributed by atoms with van der Waals surface area (Å²) >= 11 is 0. The maximum absolute atomic E-state index is 5.84. The predicted molar refractivity (Wildman–Crippen MR) is 88.7 cm³/mol. The van der Waals surface area contributed by atoms with Crippen LogP contribution in [0.1, 0.15) is 44.7 Å². The number of nitrogens with one attached hydrogen (secondary N) is 1. The van der Waals surface area contributed by atoms with Crippen LogP contribution < -0.4 is 5.32 Å². The number of ether oxygens (including phenoxy) is 1. The lowest BCUT2D eigenvalue weighted by molar-refractivity contribution is -0.0372. The predicted octanol–water partition coefficient (Wildman–Crippen LogP) is 3.01. The lowest BCUT2D eigenvalue weighted by atomic mass is 10.0. The van der Waals surface area contributed by atoms with E-state index in [2.05, 4.69) is 62.2 Å². The molecule has 1 heterocycles. The molecule has 3 heteroatoms. The molecule has 0 amide bonds. The third-order valence-corrected chi connectivity index (χ3v) is 4.25. The first-order valence-electron chi connectivity index (χ1n) is 8.21. The molecule has 1 N–H and O–H groups in total. The molecule has 21 heavy (non-hydrogen) atoms. The first kappa shape index (κ1) is 16.5. The molecule has 1 atom stereocenters. The zero-order chi connectivity index (χ0) is 15.2. The largest absolute Gasteiger partial charge is 0.374 e. The van der Waals surface area contributed by atoms with Crippen molar-refractivity contribution in [3.05, 3.63) is 35.4 Å². The Labute approximate surface area is 129 Å². The van der Waals surface area contributed by atoms with Crippen LogP contribution in [0.4, 0.5) is 0 Å². The van der Waals surface area contributed by atoms with Gasteiger partial charge in [-0.25, -0.2) is 0 Å². The highest BCUT2D eigenvalue weighted by Crippen LogP contribution is 2.14. The fourth-order valence-electron chi connectivity index (χ4n) is 2.73. The summed E-state index contributed by atoms with van der Waals surface area (Å²) in [6.07, 6.45) is 0.316. The van der Waals surface area contributed by atoms with Gasteiger partial charge in [-0.1, -0.05) is 38.1 Å². The normalized spacial score (nSPS) is 20.4. The zero-order valence-corrected chi connectivity index (χ0v) is 13.9. The van der Waals surface area contributed by atoms with Gasteiger partial charge >= 0.3 is 0 Å². The number of rotatable bonds is 6. The van der Waals surface area contributed by atoms with Crippen molar-refractivity contribution in [3.63, 3.8) is 0 Å². The fraction of sp³-hybridized carbons (Fsp3) is 0.667. The SMILES string of the molecule is CC(C)c1ccc(CNCC2CN(C(C)C)CCO2)cc1. The third kappa shape index (κ3) is 5.10. The zero-order valence-electron chi connectivity index (χ0n) is 13.9. The first-order chi connectivity index (χ1) is 10.1. The van der Waals surface area contributed by atoms with E-state index in [1.54, 1.807) is 0 Å². The number of benzene rings is 1. The topological polar surface area (TPSA) is 24.5 Å². The third-order valence-electron chi connectivity index (χ3n) is 4.25. The van der Waals surface area contributed by atoms with E-state index in [4.69, 9.17) is 4.74 Å². The Bertz CT molecular complexity index is 414. The smallest absolute Gasteiger partial charge is 0.0826 e. The minimum absolute atomic E-state index is 0.316. The lowest BCUT2D eigenvalue weighted by Crippen LogP contribution is -2.48. The average Bonchev–Trinajstić information content (AvgIpc) is 2.48. The van der Waals surface area contributed by atoms with Crippen molar-refractivity contribution in [1.82, 2.24) is 10.2 Å². The maximum Gasteiger partial charge on any atom is 0.0826 e. The van der Waals surface area contributed by atoms with Crippen LogP contribution in [0.25, 0.3) is 0 Å². The molecule has 0 aliphatic carbocycles. The molecule has 0 spiro atoms. The van der Waals surface area contributed by atoms with Crippen LogP contribution in [-0.2, 0) is 11.3 Å². The number of nitrogens with zero attached hydrogens (tertiary/aromatic N) is 1. The van der Waals surface area contributed by atoms with Gasteiger partial charge in [0.15, 0.2) is 0 Å². The van der Waals surface area contributed by atoms with Crippen LogP contribution in [-0.4, -0.2) is 43.3 Å². The van der Waals surface area contributed by atoms with Crippen molar-refractivity contribution in [1.29, 1.82) is 0 Å². The van der Waals surface area contributed by atoms with E-state index in [0.29, 0.717) is 18.1 Å². The highest BCUT2D eigenvalue weighted by molar-refractivity contribution is 5.24. The van der Waals surface area contributed by atoms with E-state index in [1.807, 2.05) is 0 Å². The van der Waals surface area contributed by atoms with Gasteiger partial charge in [0.1, 0.15) is 0 Å². The Morgan fingerprint density at radius 1 is 1.19 bits per heavy atom. The van der Waals surface area contributed by atoms with Crippen molar-refractivity contribution in [2.24, 2.45) is 0 Å². The highest BCUT2D eigenvalue weighted by atomic mass is 16.5. The van der Waals surface area contributed by atoms with Crippen molar-refractivity contribution in [3.8, 4) is 0 Å². The quantitative estimate of drug-likeness (QED) is 0.871. The Morgan fingerprint density at radius 2 is 1.90 bits per heavy atom. The molecule has 1 saturated heterocycles. The van der Waals surface area contributed by atoms with Gasteiger partial charge < -0.3 is 10.1 Å². The van der Waals surface area contributed by atoms with E-state index in [0.717, 1.165) is 32.8 Å². The van der Waals surface area contributed by atoms with Gasteiger partial charge in [-0.2, -0.15) is 0 Å². The van der Waals surface area contributed by atoms with Crippen LogP contribution >= 0.6 is 0 Å². The molecule has 1 aromatic rings. The monoisotopic (exact) mass is 290 g/mol. The molecule has 2 rings (SSSR count). The van der Waals surface area contributed by atoms with E-state index in [-0.39, 0.29) is 0 Å². The van der Waals surface area contributed by atoms with Crippen molar-refractivity contribution >= 4 is 0 Å². The standard InChI is InChI=1S/C18H30N2O/c1-14(2)17-7-5-16(6-8-17)11-19-12-18-13-20(15(3)4)9-10-21-18/h5-8,14-15,18-19H,9-13H2,1-4H3. The minimum Gasteiger partial charge on any atom is -0.374 e. The lowest BCUT2D eigenvalue weighted by Gasteiger charge is -2.35. The second kappa shape index (κ2) is 7.92. The number of hydrogen-bond donors (Lipinski definition) is 1. The number of morpholine rings is 1. The summed E-state index contributed by atoms with van der Waals surface area (Å²) in [5, 5.41) is 3.53. The molecule has 3 nitrogen and oxygen atoms in total. The Balaban J connectivity index is 1.73. The molecule has 1 aliphatic heterocycles. The highest BCUT2D eigenvalue weighted by Gasteiger charge is 2.21. The van der Waals surface area contributed by atoms with Crippen LogP contribution in [0.3, 0.4) is 0 Å². The van der Waals surface area contributed by atoms with Crippen LogP contribution in [0.2, 0.25) is 0 Å². The van der Waals surface area contributed by atoms with Crippen LogP contribution in [0.5, 0.6) is 0 Å². The molecule has 1 aliphatic rings. The first-order valence-corrected chi connectivity index (χ1v) is 8.21. The average molecular weight is 290 g/mol. The van der Waals surface area contributed by atoms with Crippen molar-refractivity contribution < 1.29 is 4.74 Å². The van der Waals surface area contributed by atoms with E-state index in [9.17, 15) is 0 Å². The molecular formula is C18H30N2O. The van der Waals surface area contributed by atoms with Gasteiger partial charge in [-0.3, -0.25) is 4.90 Å². The van der Waals surface area contributed by atoms with E-state index in [1.165, 1.54) is 11.1 Å². The fourth-order valence-corrected chi connectivity index (χ4v) is 2.73. The summed E-state index contributed by atoms with van der Waals surface area (Å²) in [7, 11) is 0. The van der Waals surface area contributed by atoms with E-state index >= 15 is 0 Å². The summed E-state index contributed by atoms with van der Waals surface area (Å²) in [5.41, 5.74) is 2.75. The molecular weight excluding hydrogens is 260 g/mol. The maximum atomic E-state index is 5.84. The molecule has 1 unspecified atom stereocenters. The minimum atomic E-state index is 0.316. The summed E-state index contributed by atoms with van der Waals surface area (Å²) in [6.45, 7) is 13.8. The van der Waals surface area contributed by atoms with Gasteiger partial charge in [0.2, 0.25) is 0 Å². The molecule has 0 radical (unpaired) electrons. The summed E-state index contributed by atoms with van der Waals surface area (Å²) in [5.74, 6) is 0.602. The Hall–Kier alpha value is -0.900. The Kier molecular flexibility index (Phi) is 6.22. The molecule has 1 aromatic carbocycles. The molecule has 1 fully saturated rings. The summed E-state index contributed by atoms with van der Waals surface area (Å²) < 4.78 is 5.84. The van der Waals surface area contributed by atoms with E-state index < -0.39 is 0 Å². The van der Waals surface area contributed by atoms with Gasteiger partial charge in [-0.15, -0.1) is 0 Å². The summed E-state index contributed by atoms with van der Waals surface area (Å²) in [6, 6.07) is 9.54.